The van der Waals surface area contributed by atoms with Gasteiger partial charge in [0, 0.05) is 23.9 Å². The van der Waals surface area contributed by atoms with Crippen molar-refractivity contribution < 1.29 is 22.6 Å². The lowest BCUT2D eigenvalue weighted by atomic mass is 10.1. The fourth-order valence-electron chi connectivity index (χ4n) is 2.67. The first kappa shape index (κ1) is 21.0. The molecule has 2 atom stereocenters. The van der Waals surface area contributed by atoms with Crippen molar-refractivity contribution in [3.8, 4) is 34.7 Å². The van der Waals surface area contributed by atoms with E-state index in [4.69, 9.17) is 14.2 Å². The van der Waals surface area contributed by atoms with Crippen LogP contribution in [0.2, 0.25) is 0 Å². The molecule has 1 N–H and O–H groups in total. The van der Waals surface area contributed by atoms with E-state index in [9.17, 15) is 8.42 Å². The Labute approximate surface area is 171 Å². The van der Waals surface area contributed by atoms with Crippen LogP contribution in [0.15, 0.2) is 42.6 Å². The van der Waals surface area contributed by atoms with Gasteiger partial charge in [0.15, 0.2) is 0 Å². The number of nitrogens with one attached hydrogen (secondary N) is 1. The highest BCUT2D eigenvalue weighted by Crippen LogP contribution is 2.25. The monoisotopic (exact) mass is 416 g/mol. The summed E-state index contributed by atoms with van der Waals surface area (Å²) in [5.41, 5.74) is 1.98. The van der Waals surface area contributed by atoms with Gasteiger partial charge in [-0.2, -0.15) is 0 Å². The molecule has 8 heteroatoms. The Morgan fingerprint density at radius 1 is 1.14 bits per heavy atom. The molecule has 0 bridgehead atoms. The van der Waals surface area contributed by atoms with Crippen LogP contribution in [0.4, 0.5) is 0 Å². The van der Waals surface area contributed by atoms with Crippen molar-refractivity contribution in [3.63, 3.8) is 0 Å². The van der Waals surface area contributed by atoms with Gasteiger partial charge in [-0.15, -0.1) is 0 Å². The predicted octanol–water partition coefficient (Wildman–Crippen LogP) is 2.44. The third kappa shape index (κ3) is 5.40. The van der Waals surface area contributed by atoms with Gasteiger partial charge in [-0.25, -0.2) is 18.1 Å². The zero-order valence-electron chi connectivity index (χ0n) is 16.6. The molecule has 1 saturated heterocycles. The molecule has 7 nitrogen and oxygen atoms in total. The molecule has 154 valence electrons. The van der Waals surface area contributed by atoms with Crippen molar-refractivity contribution >= 4 is 10.0 Å². The molecule has 29 heavy (non-hydrogen) atoms. The summed E-state index contributed by atoms with van der Waals surface area (Å²) in [6.45, 7) is 4.00. The smallest absolute Gasteiger partial charge is 0.241 e. The summed E-state index contributed by atoms with van der Waals surface area (Å²) in [6.07, 6.45) is 1.49. The van der Waals surface area contributed by atoms with Crippen LogP contribution >= 0.6 is 0 Å². The summed E-state index contributed by atoms with van der Waals surface area (Å²) in [7, 11) is -1.84. The first-order valence-electron chi connectivity index (χ1n) is 9.25. The van der Waals surface area contributed by atoms with Gasteiger partial charge in [-0.1, -0.05) is 18.1 Å². The summed E-state index contributed by atoms with van der Waals surface area (Å²) in [5.74, 6) is 3.95. The molecule has 1 aromatic heterocycles. The molecule has 1 fully saturated rings. The molecule has 2 heterocycles. The van der Waals surface area contributed by atoms with Gasteiger partial charge in [0.2, 0.25) is 15.9 Å². The lowest BCUT2D eigenvalue weighted by Crippen LogP contribution is -2.28. The van der Waals surface area contributed by atoms with Crippen LogP contribution in [0.3, 0.4) is 0 Å². The maximum atomic E-state index is 11.8. The SMILES string of the molecule is COc1ccc(-c2ccc(O[C@H]3COCC3C#CNS(=O)(=O)C(C)C)cc2)cn1. The Bertz CT molecular complexity index is 976. The average molecular weight is 416 g/mol. The third-order valence-electron chi connectivity index (χ3n) is 4.52. The standard InChI is InChI=1S/C21H24N2O5S/c1-15(2)29(24,25)23-11-10-18-13-27-14-20(18)28-19-7-4-16(5-8-19)17-6-9-21(26-3)22-12-17/h4-9,12,15,18,20,23H,13-14H2,1-3H3/t18?,20-/m0/s1. The van der Waals surface area contributed by atoms with E-state index in [-0.39, 0.29) is 12.0 Å². The molecule has 0 saturated carbocycles. The molecule has 1 aliphatic heterocycles. The second kappa shape index (κ2) is 9.16. The van der Waals surface area contributed by atoms with Crippen molar-refractivity contribution in [3.05, 3.63) is 42.6 Å². The lowest BCUT2D eigenvalue weighted by Gasteiger charge is -2.16. The van der Waals surface area contributed by atoms with Gasteiger partial charge in [0.05, 0.1) is 31.5 Å². The van der Waals surface area contributed by atoms with Crippen molar-refractivity contribution in [2.24, 2.45) is 5.92 Å². The number of aromatic nitrogens is 1. The number of hydrogen-bond acceptors (Lipinski definition) is 6. The molecule has 0 aliphatic carbocycles. The third-order valence-corrected chi connectivity index (χ3v) is 6.15. The van der Waals surface area contributed by atoms with Crippen LogP contribution in [0, 0.1) is 17.9 Å². The summed E-state index contributed by atoms with van der Waals surface area (Å²) >= 11 is 0. The largest absolute Gasteiger partial charge is 0.487 e. The normalized spacial score (nSPS) is 18.8. The minimum Gasteiger partial charge on any atom is -0.487 e. The first-order chi connectivity index (χ1) is 13.9. The van der Waals surface area contributed by atoms with E-state index >= 15 is 0 Å². The summed E-state index contributed by atoms with van der Waals surface area (Å²) < 4.78 is 42.4. The van der Waals surface area contributed by atoms with E-state index in [1.807, 2.05) is 36.4 Å². The highest BCUT2D eigenvalue weighted by molar-refractivity contribution is 7.90. The molecule has 0 radical (unpaired) electrons. The fraction of sp³-hybridized carbons (Fsp3) is 0.381. The Hall–Kier alpha value is -2.76. The fourth-order valence-corrected chi connectivity index (χ4v) is 3.11. The minimum absolute atomic E-state index is 0.213. The highest BCUT2D eigenvalue weighted by Gasteiger charge is 2.29. The molecule has 3 rings (SSSR count). The molecule has 1 aliphatic rings. The molecular formula is C21H24N2O5S. The van der Waals surface area contributed by atoms with Crippen molar-refractivity contribution in [1.82, 2.24) is 9.71 Å². The zero-order chi connectivity index (χ0) is 20.9. The van der Waals surface area contributed by atoms with Crippen molar-refractivity contribution in [2.75, 3.05) is 20.3 Å². The summed E-state index contributed by atoms with van der Waals surface area (Å²) in [6, 6.07) is 14.0. The Balaban J connectivity index is 1.63. The van der Waals surface area contributed by atoms with E-state index in [0.717, 1.165) is 11.1 Å². The lowest BCUT2D eigenvalue weighted by molar-refractivity contribution is 0.139. The quantitative estimate of drug-likeness (QED) is 0.575. The topological polar surface area (TPSA) is 86.8 Å². The average Bonchev–Trinajstić information content (AvgIpc) is 3.15. The van der Waals surface area contributed by atoms with Crippen LogP contribution in [-0.4, -0.2) is 45.1 Å². The minimum atomic E-state index is -3.42. The van der Waals surface area contributed by atoms with Gasteiger partial charge >= 0.3 is 0 Å². The molecule has 1 aromatic carbocycles. The second-order valence-electron chi connectivity index (χ2n) is 6.88. The zero-order valence-corrected chi connectivity index (χ0v) is 17.4. The summed E-state index contributed by atoms with van der Waals surface area (Å²) in [5, 5.41) is -0.539. The van der Waals surface area contributed by atoms with E-state index < -0.39 is 15.3 Å². The van der Waals surface area contributed by atoms with E-state index in [1.54, 1.807) is 27.2 Å². The van der Waals surface area contributed by atoms with Gasteiger partial charge in [-0.3, -0.25) is 0 Å². The number of benzene rings is 1. The number of methoxy groups -OCH3 is 1. The number of pyridine rings is 1. The Morgan fingerprint density at radius 3 is 2.48 bits per heavy atom. The van der Waals surface area contributed by atoms with E-state index in [2.05, 4.69) is 21.7 Å². The number of nitrogens with zero attached hydrogens (tertiary/aromatic N) is 1. The Kier molecular flexibility index (Phi) is 6.62. The molecular weight excluding hydrogens is 392 g/mol. The molecule has 2 aromatic rings. The summed E-state index contributed by atoms with van der Waals surface area (Å²) in [4.78, 5) is 4.21. The highest BCUT2D eigenvalue weighted by atomic mass is 32.2. The van der Waals surface area contributed by atoms with Crippen LogP contribution in [0.1, 0.15) is 13.8 Å². The number of hydrogen-bond donors (Lipinski definition) is 1. The van der Waals surface area contributed by atoms with Crippen LogP contribution < -0.4 is 14.2 Å². The van der Waals surface area contributed by atoms with Crippen LogP contribution in [-0.2, 0) is 14.8 Å². The Morgan fingerprint density at radius 2 is 1.86 bits per heavy atom. The van der Waals surface area contributed by atoms with E-state index in [0.29, 0.717) is 24.8 Å². The number of rotatable bonds is 6. The van der Waals surface area contributed by atoms with Crippen molar-refractivity contribution in [2.45, 2.75) is 25.2 Å². The maximum Gasteiger partial charge on any atom is 0.241 e. The van der Waals surface area contributed by atoms with Gasteiger partial charge < -0.3 is 14.2 Å². The first-order valence-corrected chi connectivity index (χ1v) is 10.8. The van der Waals surface area contributed by atoms with E-state index in [1.165, 1.54) is 0 Å². The van der Waals surface area contributed by atoms with Gasteiger partial charge in [0.1, 0.15) is 11.9 Å². The van der Waals surface area contributed by atoms with Gasteiger partial charge in [0.25, 0.3) is 0 Å². The van der Waals surface area contributed by atoms with Gasteiger partial charge in [-0.05, 0) is 37.6 Å². The predicted molar refractivity (Wildman–Crippen MR) is 110 cm³/mol. The number of sulfonamides is 1. The molecule has 0 amide bonds. The molecule has 0 spiro atoms. The van der Waals surface area contributed by atoms with Crippen LogP contribution in [0.5, 0.6) is 11.6 Å². The van der Waals surface area contributed by atoms with Crippen LogP contribution in [0.25, 0.3) is 11.1 Å². The second-order valence-corrected chi connectivity index (χ2v) is 9.12. The van der Waals surface area contributed by atoms with Crippen molar-refractivity contribution in [1.29, 1.82) is 0 Å². The molecule has 1 unspecified atom stereocenters. The maximum absolute atomic E-state index is 11.8. The number of ether oxygens (including phenoxy) is 3.